The van der Waals surface area contributed by atoms with Crippen LogP contribution in [0.4, 0.5) is 15.8 Å². The predicted molar refractivity (Wildman–Crippen MR) is 99.1 cm³/mol. The van der Waals surface area contributed by atoms with Crippen molar-refractivity contribution >= 4 is 51.5 Å². The van der Waals surface area contributed by atoms with Crippen LogP contribution in [0, 0.1) is 16.3 Å². The van der Waals surface area contributed by atoms with Crippen LogP contribution in [-0.4, -0.2) is 24.2 Å². The zero-order valence-electron chi connectivity index (χ0n) is 12.7. The minimum absolute atomic E-state index is 0.0559. The summed E-state index contributed by atoms with van der Waals surface area (Å²) in [7, 11) is 0. The third kappa shape index (κ3) is 4.79. The van der Waals surface area contributed by atoms with Gasteiger partial charge in [-0.3, -0.25) is 9.63 Å². The third-order valence-corrected chi connectivity index (χ3v) is 4.08. The van der Waals surface area contributed by atoms with Gasteiger partial charge in [0.05, 0.1) is 29.5 Å². The van der Waals surface area contributed by atoms with Gasteiger partial charge in [0.25, 0.3) is 5.91 Å². The molecular weight excluding hydrogens is 450 g/mol. The highest BCUT2D eigenvalue weighted by molar-refractivity contribution is 14.1. The van der Waals surface area contributed by atoms with E-state index in [1.54, 1.807) is 0 Å². The molecule has 0 aliphatic rings. The summed E-state index contributed by atoms with van der Waals surface area (Å²) in [5, 5.41) is 11.5. The first-order valence-corrected chi connectivity index (χ1v) is 8.43. The van der Waals surface area contributed by atoms with E-state index in [1.807, 2.05) is 25.1 Å². The molecule has 128 valence electrons. The largest absolute Gasteiger partial charge is 0.394 e. The van der Waals surface area contributed by atoms with Crippen molar-refractivity contribution in [2.24, 2.45) is 0 Å². The summed E-state index contributed by atoms with van der Waals surface area (Å²) in [4.78, 5) is 17.0. The first kappa shape index (κ1) is 18.9. The lowest BCUT2D eigenvalue weighted by Crippen LogP contribution is -2.26. The molecule has 24 heavy (non-hydrogen) atoms. The Morgan fingerprint density at radius 2 is 2.08 bits per heavy atom. The molecule has 0 spiro atoms. The molecule has 0 saturated carbocycles. The van der Waals surface area contributed by atoms with Gasteiger partial charge in [-0.2, -0.15) is 0 Å². The maximum absolute atomic E-state index is 13.8. The number of hydroxylamine groups is 1. The highest BCUT2D eigenvalue weighted by Crippen LogP contribution is 2.29. The molecule has 2 aromatic carbocycles. The van der Waals surface area contributed by atoms with Gasteiger partial charge in [0.15, 0.2) is 0 Å². The van der Waals surface area contributed by atoms with Crippen LogP contribution in [-0.2, 0) is 4.84 Å². The number of carbonyl (C=O) groups excluding carboxylic acids is 1. The van der Waals surface area contributed by atoms with Crippen molar-refractivity contribution in [3.05, 3.63) is 55.9 Å². The molecule has 2 aromatic rings. The van der Waals surface area contributed by atoms with Crippen molar-refractivity contribution in [3.8, 4) is 0 Å². The second-order valence-corrected chi connectivity index (χ2v) is 6.55. The first-order valence-electron chi connectivity index (χ1n) is 6.97. The number of anilines is 2. The van der Waals surface area contributed by atoms with Gasteiger partial charge in [0.2, 0.25) is 0 Å². The number of aliphatic hydroxyl groups excluding tert-OH is 1. The third-order valence-electron chi connectivity index (χ3n) is 3.12. The summed E-state index contributed by atoms with van der Waals surface area (Å²) in [5.41, 5.74) is 4.24. The molecule has 0 radical (unpaired) electrons. The molecule has 0 fully saturated rings. The Labute approximate surface area is 157 Å². The van der Waals surface area contributed by atoms with Crippen LogP contribution in [0.25, 0.3) is 0 Å². The van der Waals surface area contributed by atoms with Crippen molar-refractivity contribution < 1.29 is 19.1 Å². The van der Waals surface area contributed by atoms with Gasteiger partial charge in [-0.15, -0.1) is 0 Å². The molecule has 2 rings (SSSR count). The quantitative estimate of drug-likeness (QED) is 0.346. The smallest absolute Gasteiger partial charge is 0.277 e. The lowest BCUT2D eigenvalue weighted by Gasteiger charge is -2.15. The van der Waals surface area contributed by atoms with Crippen molar-refractivity contribution in [3.63, 3.8) is 0 Å². The zero-order chi connectivity index (χ0) is 17.7. The normalized spacial score (nSPS) is 10.5. The summed E-state index contributed by atoms with van der Waals surface area (Å²) in [5.74, 6) is -1.24. The highest BCUT2D eigenvalue weighted by Gasteiger charge is 2.16. The number of amides is 1. The number of aliphatic hydroxyl groups is 1. The van der Waals surface area contributed by atoms with Crippen LogP contribution in [0.1, 0.15) is 15.9 Å². The molecule has 0 unspecified atom stereocenters. The van der Waals surface area contributed by atoms with Crippen LogP contribution in [0.3, 0.4) is 0 Å². The fourth-order valence-corrected chi connectivity index (χ4v) is 2.78. The van der Waals surface area contributed by atoms with E-state index in [0.29, 0.717) is 0 Å². The first-order chi connectivity index (χ1) is 11.4. The monoisotopic (exact) mass is 464 g/mol. The number of benzene rings is 2. The Balaban J connectivity index is 2.33. The lowest BCUT2D eigenvalue weighted by atomic mass is 10.1. The van der Waals surface area contributed by atoms with Crippen LogP contribution in [0.15, 0.2) is 30.3 Å². The van der Waals surface area contributed by atoms with Gasteiger partial charge in [-0.1, -0.05) is 11.6 Å². The average Bonchev–Trinajstić information content (AvgIpc) is 2.53. The number of halogens is 3. The number of nitrogens with one attached hydrogen (secondary N) is 2. The SMILES string of the molecule is Cc1cc(I)ccc1Nc1cc(F)c(Cl)cc1C(=O)NOCCO. The molecule has 0 heterocycles. The van der Waals surface area contributed by atoms with E-state index in [0.717, 1.165) is 20.9 Å². The van der Waals surface area contributed by atoms with Crippen LogP contribution in [0.2, 0.25) is 5.02 Å². The summed E-state index contributed by atoms with van der Waals surface area (Å²) >= 11 is 7.97. The Kier molecular flexibility index (Phi) is 6.79. The second-order valence-electron chi connectivity index (χ2n) is 4.90. The fourth-order valence-electron chi connectivity index (χ4n) is 1.97. The maximum atomic E-state index is 13.8. The summed E-state index contributed by atoms with van der Waals surface area (Å²) in [6.45, 7) is 1.61. The number of carbonyl (C=O) groups is 1. The molecule has 0 atom stereocenters. The van der Waals surface area contributed by atoms with Gasteiger partial charge in [-0.05, 0) is 65.4 Å². The topological polar surface area (TPSA) is 70.6 Å². The van der Waals surface area contributed by atoms with Crippen molar-refractivity contribution in [1.82, 2.24) is 5.48 Å². The molecule has 5 nitrogen and oxygen atoms in total. The van der Waals surface area contributed by atoms with E-state index in [-0.39, 0.29) is 29.5 Å². The van der Waals surface area contributed by atoms with Crippen LogP contribution >= 0.6 is 34.2 Å². The van der Waals surface area contributed by atoms with E-state index in [4.69, 9.17) is 21.5 Å². The number of rotatable bonds is 6. The van der Waals surface area contributed by atoms with Crippen molar-refractivity contribution in [2.45, 2.75) is 6.92 Å². The van der Waals surface area contributed by atoms with Gasteiger partial charge in [-0.25, -0.2) is 9.87 Å². The molecule has 8 heteroatoms. The van der Waals surface area contributed by atoms with E-state index in [9.17, 15) is 9.18 Å². The zero-order valence-corrected chi connectivity index (χ0v) is 15.6. The minimum Gasteiger partial charge on any atom is -0.394 e. The average molecular weight is 465 g/mol. The summed E-state index contributed by atoms with van der Waals surface area (Å²) < 4.78 is 14.9. The van der Waals surface area contributed by atoms with E-state index < -0.39 is 11.7 Å². The lowest BCUT2D eigenvalue weighted by molar-refractivity contribution is 0.0169. The molecular formula is C16H15ClFIN2O3. The Bertz CT molecular complexity index is 758. The standard InChI is InChI=1S/C16H15ClFIN2O3/c1-9-6-10(19)2-3-14(9)20-15-8-13(18)12(17)7-11(15)16(23)21-24-5-4-22/h2-3,6-8,20,22H,4-5H2,1H3,(H,21,23). The molecule has 0 saturated heterocycles. The Morgan fingerprint density at radius 1 is 1.33 bits per heavy atom. The molecule has 1 amide bonds. The van der Waals surface area contributed by atoms with E-state index in [2.05, 4.69) is 33.4 Å². The molecule has 3 N–H and O–H groups in total. The van der Waals surface area contributed by atoms with Gasteiger partial charge in [0.1, 0.15) is 5.82 Å². The minimum atomic E-state index is -0.643. The number of hydrogen-bond donors (Lipinski definition) is 3. The number of hydrogen-bond acceptors (Lipinski definition) is 4. The second kappa shape index (κ2) is 8.61. The summed E-state index contributed by atoms with van der Waals surface area (Å²) in [6, 6.07) is 8.07. The van der Waals surface area contributed by atoms with Crippen molar-refractivity contribution in [2.75, 3.05) is 18.5 Å². The fraction of sp³-hybridized carbons (Fsp3) is 0.188. The summed E-state index contributed by atoms with van der Waals surface area (Å²) in [6.07, 6.45) is 0. The predicted octanol–water partition coefficient (Wildman–Crippen LogP) is 3.79. The Morgan fingerprint density at radius 3 is 2.75 bits per heavy atom. The van der Waals surface area contributed by atoms with Gasteiger partial charge in [0, 0.05) is 9.26 Å². The van der Waals surface area contributed by atoms with E-state index >= 15 is 0 Å². The maximum Gasteiger partial charge on any atom is 0.277 e. The molecule has 0 aromatic heterocycles. The Hall–Kier alpha value is -1.42. The van der Waals surface area contributed by atoms with Gasteiger partial charge >= 0.3 is 0 Å². The number of aryl methyl sites for hydroxylation is 1. The van der Waals surface area contributed by atoms with Crippen LogP contribution < -0.4 is 10.8 Å². The van der Waals surface area contributed by atoms with E-state index in [1.165, 1.54) is 6.07 Å². The molecule has 0 aliphatic carbocycles. The van der Waals surface area contributed by atoms with Crippen LogP contribution in [0.5, 0.6) is 0 Å². The molecule has 0 aliphatic heterocycles. The highest BCUT2D eigenvalue weighted by atomic mass is 127. The molecule has 0 bridgehead atoms. The van der Waals surface area contributed by atoms with Crippen molar-refractivity contribution in [1.29, 1.82) is 0 Å². The van der Waals surface area contributed by atoms with Gasteiger partial charge < -0.3 is 10.4 Å².